The zero-order valence-electron chi connectivity index (χ0n) is 12.1. The van der Waals surface area contributed by atoms with Crippen LogP contribution in [0.1, 0.15) is 17.7 Å². The quantitative estimate of drug-likeness (QED) is 0.789. The van der Waals surface area contributed by atoms with E-state index in [2.05, 4.69) is 0 Å². The summed E-state index contributed by atoms with van der Waals surface area (Å²) in [4.78, 5) is 0.323. The van der Waals surface area contributed by atoms with Crippen molar-refractivity contribution in [3.63, 3.8) is 0 Å². The maximum atomic E-state index is 12.8. The molecule has 0 aromatic heterocycles. The third kappa shape index (κ3) is 3.34. The molecule has 0 fully saturated rings. The number of hydrogen-bond acceptors (Lipinski definition) is 3. The molecule has 4 heteroatoms. The zero-order chi connectivity index (χ0) is 15.3. The Kier molecular flexibility index (Phi) is 4.81. The van der Waals surface area contributed by atoms with Crippen LogP contribution in [0.5, 0.6) is 5.75 Å². The van der Waals surface area contributed by atoms with Gasteiger partial charge in [-0.2, -0.15) is 0 Å². The van der Waals surface area contributed by atoms with Crippen molar-refractivity contribution in [2.45, 2.75) is 17.1 Å². The Bertz CT molecular complexity index is 701. The van der Waals surface area contributed by atoms with Gasteiger partial charge in [-0.1, -0.05) is 42.5 Å². The summed E-state index contributed by atoms with van der Waals surface area (Å²) in [5.74, 6) is 0.704. The highest BCUT2D eigenvalue weighted by atomic mass is 32.2. The van der Waals surface area contributed by atoms with E-state index in [4.69, 9.17) is 4.74 Å². The van der Waals surface area contributed by atoms with Crippen LogP contribution in [-0.4, -0.2) is 15.5 Å². The summed E-state index contributed by atoms with van der Waals surface area (Å²) in [5.41, 5.74) is 0.720. The summed E-state index contributed by atoms with van der Waals surface area (Å²) in [7, 11) is -1.88. The number of methoxy groups -OCH3 is 1. The molecule has 0 aliphatic carbocycles. The second-order valence-electron chi connectivity index (χ2n) is 4.58. The summed E-state index contributed by atoms with van der Waals surface area (Å²) in [6.45, 7) is 1.82. The molecular formula is C17H18O3S. The Balaban J connectivity index is 2.47. The topological polar surface area (TPSA) is 43.4 Å². The molecule has 0 amide bonds. The van der Waals surface area contributed by atoms with Crippen LogP contribution in [0.15, 0.2) is 71.6 Å². The van der Waals surface area contributed by atoms with Crippen molar-refractivity contribution in [1.29, 1.82) is 0 Å². The van der Waals surface area contributed by atoms with E-state index in [0.717, 1.165) is 5.56 Å². The molecule has 2 aromatic rings. The summed E-state index contributed by atoms with van der Waals surface area (Å²) < 4.78 is 30.7. The Labute approximate surface area is 125 Å². The second kappa shape index (κ2) is 6.59. The largest absolute Gasteiger partial charge is 0.497 e. The van der Waals surface area contributed by atoms with Crippen molar-refractivity contribution in [2.24, 2.45) is 0 Å². The van der Waals surface area contributed by atoms with Crippen LogP contribution < -0.4 is 4.74 Å². The first-order valence-electron chi connectivity index (χ1n) is 6.65. The van der Waals surface area contributed by atoms with Gasteiger partial charge in [-0.05, 0) is 36.8 Å². The Morgan fingerprint density at radius 1 is 1.00 bits per heavy atom. The van der Waals surface area contributed by atoms with Crippen LogP contribution in [-0.2, 0) is 9.84 Å². The van der Waals surface area contributed by atoms with Gasteiger partial charge in [0.15, 0.2) is 9.84 Å². The SMILES string of the molecule is C/C=C/C(c1ccc(OC)cc1)S(=O)(=O)c1ccccc1. The number of ether oxygens (including phenoxy) is 1. The van der Waals surface area contributed by atoms with Crippen LogP contribution in [0.25, 0.3) is 0 Å². The van der Waals surface area contributed by atoms with Crippen molar-refractivity contribution < 1.29 is 13.2 Å². The van der Waals surface area contributed by atoms with Gasteiger partial charge >= 0.3 is 0 Å². The molecular weight excluding hydrogens is 284 g/mol. The zero-order valence-corrected chi connectivity index (χ0v) is 12.9. The fourth-order valence-corrected chi connectivity index (χ4v) is 3.83. The van der Waals surface area contributed by atoms with Gasteiger partial charge in [0.1, 0.15) is 11.0 Å². The maximum Gasteiger partial charge on any atom is 0.188 e. The third-order valence-corrected chi connectivity index (χ3v) is 5.24. The minimum absolute atomic E-state index is 0.323. The molecule has 0 aliphatic rings. The van der Waals surface area contributed by atoms with Crippen molar-refractivity contribution in [3.05, 3.63) is 72.3 Å². The van der Waals surface area contributed by atoms with Crippen LogP contribution in [0.3, 0.4) is 0 Å². The standard InChI is InChI=1S/C17H18O3S/c1-3-7-17(14-10-12-15(20-2)13-11-14)21(18,19)16-8-5-4-6-9-16/h3-13,17H,1-2H3/b7-3+. The molecule has 21 heavy (non-hydrogen) atoms. The van der Waals surface area contributed by atoms with E-state index in [0.29, 0.717) is 10.6 Å². The van der Waals surface area contributed by atoms with Gasteiger partial charge < -0.3 is 4.74 Å². The Morgan fingerprint density at radius 3 is 2.14 bits per heavy atom. The number of sulfone groups is 1. The lowest BCUT2D eigenvalue weighted by Crippen LogP contribution is -2.11. The molecule has 0 aliphatic heterocycles. The van der Waals surface area contributed by atoms with Crippen LogP contribution in [0.2, 0.25) is 0 Å². The normalized spacial score (nSPS) is 13.2. The Hall–Kier alpha value is -2.07. The fourth-order valence-electron chi connectivity index (χ4n) is 2.12. The molecule has 0 bridgehead atoms. The number of benzene rings is 2. The summed E-state index contributed by atoms with van der Waals surface area (Å²) in [5, 5.41) is -0.698. The highest BCUT2D eigenvalue weighted by Gasteiger charge is 2.26. The molecule has 3 nitrogen and oxygen atoms in total. The minimum atomic E-state index is -3.46. The highest BCUT2D eigenvalue weighted by Crippen LogP contribution is 2.31. The van der Waals surface area contributed by atoms with E-state index in [9.17, 15) is 8.42 Å². The number of allylic oxidation sites excluding steroid dienone is 1. The molecule has 0 N–H and O–H groups in total. The molecule has 2 aromatic carbocycles. The molecule has 110 valence electrons. The first-order valence-corrected chi connectivity index (χ1v) is 8.20. The monoisotopic (exact) mass is 302 g/mol. The average molecular weight is 302 g/mol. The first-order chi connectivity index (χ1) is 10.1. The lowest BCUT2D eigenvalue weighted by atomic mass is 10.1. The van der Waals surface area contributed by atoms with E-state index in [1.54, 1.807) is 73.9 Å². The van der Waals surface area contributed by atoms with Crippen LogP contribution in [0, 0.1) is 0 Å². The van der Waals surface area contributed by atoms with Crippen molar-refractivity contribution in [3.8, 4) is 5.75 Å². The van der Waals surface area contributed by atoms with Gasteiger partial charge in [0, 0.05) is 0 Å². The number of rotatable bonds is 5. The first kappa shape index (κ1) is 15.3. The van der Waals surface area contributed by atoms with Crippen molar-refractivity contribution in [1.82, 2.24) is 0 Å². The summed E-state index contributed by atoms with van der Waals surface area (Å²) in [6.07, 6.45) is 3.46. The maximum absolute atomic E-state index is 12.8. The molecule has 1 unspecified atom stereocenters. The van der Waals surface area contributed by atoms with Gasteiger partial charge in [0.2, 0.25) is 0 Å². The van der Waals surface area contributed by atoms with Gasteiger partial charge in [-0.3, -0.25) is 0 Å². The molecule has 1 atom stereocenters. The van der Waals surface area contributed by atoms with Crippen molar-refractivity contribution in [2.75, 3.05) is 7.11 Å². The lowest BCUT2D eigenvalue weighted by Gasteiger charge is -2.15. The van der Waals surface area contributed by atoms with Gasteiger partial charge in [0.05, 0.1) is 12.0 Å². The predicted octanol–water partition coefficient (Wildman–Crippen LogP) is 3.79. The van der Waals surface area contributed by atoms with Crippen LogP contribution >= 0.6 is 0 Å². The molecule has 0 spiro atoms. The predicted molar refractivity (Wildman–Crippen MR) is 84.2 cm³/mol. The van der Waals surface area contributed by atoms with Crippen LogP contribution in [0.4, 0.5) is 0 Å². The molecule has 0 heterocycles. The molecule has 2 rings (SSSR count). The molecule has 0 radical (unpaired) electrons. The van der Waals surface area contributed by atoms with Gasteiger partial charge in [-0.25, -0.2) is 8.42 Å². The Morgan fingerprint density at radius 2 is 1.62 bits per heavy atom. The van der Waals surface area contributed by atoms with E-state index < -0.39 is 15.1 Å². The molecule has 0 saturated heterocycles. The summed E-state index contributed by atoms with van der Waals surface area (Å²) in [6, 6.07) is 15.6. The minimum Gasteiger partial charge on any atom is -0.497 e. The molecule has 0 saturated carbocycles. The lowest BCUT2D eigenvalue weighted by molar-refractivity contribution is 0.414. The number of hydrogen-bond donors (Lipinski definition) is 0. The van der Waals surface area contributed by atoms with E-state index in [1.165, 1.54) is 0 Å². The van der Waals surface area contributed by atoms with E-state index >= 15 is 0 Å². The van der Waals surface area contributed by atoms with Gasteiger partial charge in [0.25, 0.3) is 0 Å². The van der Waals surface area contributed by atoms with E-state index in [-0.39, 0.29) is 0 Å². The van der Waals surface area contributed by atoms with Gasteiger partial charge in [-0.15, -0.1) is 0 Å². The van der Waals surface area contributed by atoms with E-state index in [1.807, 2.05) is 6.92 Å². The fraction of sp³-hybridized carbons (Fsp3) is 0.176. The smallest absolute Gasteiger partial charge is 0.188 e. The highest BCUT2D eigenvalue weighted by molar-refractivity contribution is 7.91. The average Bonchev–Trinajstić information content (AvgIpc) is 2.53. The third-order valence-electron chi connectivity index (χ3n) is 3.22. The summed E-state index contributed by atoms with van der Waals surface area (Å²) >= 11 is 0. The van der Waals surface area contributed by atoms with Crippen molar-refractivity contribution >= 4 is 9.84 Å². The second-order valence-corrected chi connectivity index (χ2v) is 6.65.